The predicted molar refractivity (Wildman–Crippen MR) is 59.3 cm³/mol. The van der Waals surface area contributed by atoms with Crippen molar-refractivity contribution in [2.75, 3.05) is 13.1 Å². The van der Waals surface area contributed by atoms with E-state index in [1.165, 1.54) is 0 Å². The summed E-state index contributed by atoms with van der Waals surface area (Å²) in [5.74, 6) is 0.344. The SMILES string of the molecule is Cc1cc(CS(=O)(=O)N2CCCCC2)on1. The molecule has 0 N–H and O–H groups in total. The van der Waals surface area contributed by atoms with Crippen molar-refractivity contribution in [3.05, 3.63) is 17.5 Å². The summed E-state index contributed by atoms with van der Waals surface area (Å²) in [6.07, 6.45) is 3.02. The molecule has 0 amide bonds. The third-order valence-electron chi connectivity index (χ3n) is 2.71. The Morgan fingerprint density at radius 2 is 2.06 bits per heavy atom. The van der Waals surface area contributed by atoms with Crippen molar-refractivity contribution in [2.24, 2.45) is 0 Å². The molecule has 1 aliphatic heterocycles. The molecule has 0 aromatic carbocycles. The minimum Gasteiger partial charge on any atom is -0.360 e. The van der Waals surface area contributed by atoms with Gasteiger partial charge < -0.3 is 4.52 Å². The molecular formula is C10H16N2O3S. The van der Waals surface area contributed by atoms with Gasteiger partial charge in [0.15, 0.2) is 5.76 Å². The maximum Gasteiger partial charge on any atom is 0.221 e. The van der Waals surface area contributed by atoms with Gasteiger partial charge in [0.1, 0.15) is 5.75 Å². The first kappa shape index (κ1) is 11.6. The molecule has 0 aliphatic carbocycles. The number of rotatable bonds is 3. The van der Waals surface area contributed by atoms with E-state index in [-0.39, 0.29) is 5.75 Å². The van der Waals surface area contributed by atoms with E-state index in [9.17, 15) is 8.42 Å². The second kappa shape index (κ2) is 4.55. The molecule has 1 fully saturated rings. The third-order valence-corrected chi connectivity index (χ3v) is 4.51. The van der Waals surface area contributed by atoms with Crippen molar-refractivity contribution >= 4 is 10.0 Å². The summed E-state index contributed by atoms with van der Waals surface area (Å²) in [6, 6.07) is 1.67. The van der Waals surface area contributed by atoms with E-state index in [1.807, 2.05) is 0 Å². The fraction of sp³-hybridized carbons (Fsp3) is 0.700. The zero-order valence-electron chi connectivity index (χ0n) is 9.35. The van der Waals surface area contributed by atoms with Crippen LogP contribution in [0.4, 0.5) is 0 Å². The van der Waals surface area contributed by atoms with E-state index in [4.69, 9.17) is 4.52 Å². The molecule has 90 valence electrons. The van der Waals surface area contributed by atoms with Crippen LogP contribution in [0.3, 0.4) is 0 Å². The third kappa shape index (κ3) is 2.62. The minimum absolute atomic E-state index is 0.0756. The van der Waals surface area contributed by atoms with Crippen molar-refractivity contribution in [1.29, 1.82) is 0 Å². The zero-order chi connectivity index (χ0) is 11.6. The van der Waals surface area contributed by atoms with E-state index in [0.29, 0.717) is 24.5 Å². The van der Waals surface area contributed by atoms with Gasteiger partial charge in [0.25, 0.3) is 0 Å². The van der Waals surface area contributed by atoms with Gasteiger partial charge in [-0.3, -0.25) is 0 Å². The van der Waals surface area contributed by atoms with Crippen LogP contribution in [0, 0.1) is 6.92 Å². The fourth-order valence-corrected chi connectivity index (χ4v) is 3.39. The predicted octanol–water partition coefficient (Wildman–Crippen LogP) is 1.30. The van der Waals surface area contributed by atoms with E-state index in [0.717, 1.165) is 19.3 Å². The molecule has 5 nitrogen and oxygen atoms in total. The molecule has 1 aromatic heterocycles. The summed E-state index contributed by atoms with van der Waals surface area (Å²) < 4.78 is 30.5. The normalized spacial score (nSPS) is 18.8. The number of aromatic nitrogens is 1. The number of hydrogen-bond acceptors (Lipinski definition) is 4. The molecular weight excluding hydrogens is 228 g/mol. The summed E-state index contributed by atoms with van der Waals surface area (Å²) in [4.78, 5) is 0. The lowest BCUT2D eigenvalue weighted by Crippen LogP contribution is -2.36. The molecule has 16 heavy (non-hydrogen) atoms. The number of aryl methyl sites for hydroxylation is 1. The van der Waals surface area contributed by atoms with Gasteiger partial charge in [0, 0.05) is 19.2 Å². The molecule has 0 radical (unpaired) electrons. The molecule has 6 heteroatoms. The van der Waals surface area contributed by atoms with Crippen LogP contribution in [0.25, 0.3) is 0 Å². The Morgan fingerprint density at radius 3 is 2.62 bits per heavy atom. The number of hydrogen-bond donors (Lipinski definition) is 0. The van der Waals surface area contributed by atoms with Crippen molar-refractivity contribution < 1.29 is 12.9 Å². The Morgan fingerprint density at radius 1 is 1.38 bits per heavy atom. The van der Waals surface area contributed by atoms with Crippen LogP contribution >= 0.6 is 0 Å². The van der Waals surface area contributed by atoms with Crippen LogP contribution in [-0.4, -0.2) is 31.0 Å². The van der Waals surface area contributed by atoms with Crippen molar-refractivity contribution in [2.45, 2.75) is 31.9 Å². The zero-order valence-corrected chi connectivity index (χ0v) is 10.2. The fourth-order valence-electron chi connectivity index (χ4n) is 1.90. The number of piperidine rings is 1. The average molecular weight is 244 g/mol. The Hall–Kier alpha value is -0.880. The first-order valence-electron chi connectivity index (χ1n) is 5.48. The highest BCUT2D eigenvalue weighted by Gasteiger charge is 2.25. The Labute approximate surface area is 95.5 Å². The molecule has 0 spiro atoms. The summed E-state index contributed by atoms with van der Waals surface area (Å²) >= 11 is 0. The molecule has 2 rings (SSSR count). The van der Waals surface area contributed by atoms with E-state index in [2.05, 4.69) is 5.16 Å². The van der Waals surface area contributed by atoms with Gasteiger partial charge in [-0.25, -0.2) is 12.7 Å². The van der Waals surface area contributed by atoms with Gasteiger partial charge >= 0.3 is 0 Å². The second-order valence-electron chi connectivity index (χ2n) is 4.15. The Bertz CT molecular complexity index is 446. The van der Waals surface area contributed by atoms with Gasteiger partial charge in [0.2, 0.25) is 10.0 Å². The lowest BCUT2D eigenvalue weighted by Gasteiger charge is -2.25. The number of nitrogens with zero attached hydrogens (tertiary/aromatic N) is 2. The lowest BCUT2D eigenvalue weighted by atomic mass is 10.2. The summed E-state index contributed by atoms with van der Waals surface area (Å²) in [5, 5.41) is 3.69. The van der Waals surface area contributed by atoms with Gasteiger partial charge in [-0.05, 0) is 19.8 Å². The van der Waals surface area contributed by atoms with E-state index < -0.39 is 10.0 Å². The maximum atomic E-state index is 12.0. The van der Waals surface area contributed by atoms with Crippen LogP contribution < -0.4 is 0 Å². The monoisotopic (exact) mass is 244 g/mol. The second-order valence-corrected chi connectivity index (χ2v) is 6.12. The van der Waals surface area contributed by atoms with Gasteiger partial charge in [-0.2, -0.15) is 0 Å². The topological polar surface area (TPSA) is 63.4 Å². The van der Waals surface area contributed by atoms with Gasteiger partial charge in [-0.1, -0.05) is 11.6 Å². The first-order chi connectivity index (χ1) is 7.58. The lowest BCUT2D eigenvalue weighted by molar-refractivity contribution is 0.340. The van der Waals surface area contributed by atoms with Crippen molar-refractivity contribution in [3.63, 3.8) is 0 Å². The van der Waals surface area contributed by atoms with Crippen LogP contribution in [0.5, 0.6) is 0 Å². The molecule has 1 saturated heterocycles. The molecule has 1 aromatic rings. The van der Waals surface area contributed by atoms with Crippen LogP contribution in [0.2, 0.25) is 0 Å². The van der Waals surface area contributed by atoms with Gasteiger partial charge in [0.05, 0.1) is 5.69 Å². The highest BCUT2D eigenvalue weighted by Crippen LogP contribution is 2.17. The molecule has 0 bridgehead atoms. The van der Waals surface area contributed by atoms with Crippen LogP contribution in [0.15, 0.2) is 10.6 Å². The smallest absolute Gasteiger partial charge is 0.221 e. The standard InChI is InChI=1S/C10H16N2O3S/c1-9-7-10(15-11-9)8-16(13,14)12-5-3-2-4-6-12/h7H,2-6,8H2,1H3. The van der Waals surface area contributed by atoms with E-state index in [1.54, 1.807) is 17.3 Å². The molecule has 0 saturated carbocycles. The van der Waals surface area contributed by atoms with Gasteiger partial charge in [-0.15, -0.1) is 0 Å². The minimum atomic E-state index is -3.22. The molecule has 1 aliphatic rings. The van der Waals surface area contributed by atoms with Crippen molar-refractivity contribution in [3.8, 4) is 0 Å². The summed E-state index contributed by atoms with van der Waals surface area (Å²) in [5.41, 5.74) is 0.712. The van der Waals surface area contributed by atoms with Crippen LogP contribution in [0.1, 0.15) is 30.7 Å². The first-order valence-corrected chi connectivity index (χ1v) is 7.09. The molecule has 0 atom stereocenters. The highest BCUT2D eigenvalue weighted by molar-refractivity contribution is 7.88. The Kier molecular flexibility index (Phi) is 3.30. The molecule has 2 heterocycles. The largest absolute Gasteiger partial charge is 0.360 e. The number of sulfonamides is 1. The quantitative estimate of drug-likeness (QED) is 0.804. The van der Waals surface area contributed by atoms with E-state index >= 15 is 0 Å². The maximum absolute atomic E-state index is 12.0. The average Bonchev–Trinajstić information content (AvgIpc) is 2.64. The molecule has 0 unspecified atom stereocenters. The Balaban J connectivity index is 2.07. The van der Waals surface area contributed by atoms with Crippen LogP contribution in [-0.2, 0) is 15.8 Å². The highest BCUT2D eigenvalue weighted by atomic mass is 32.2. The van der Waals surface area contributed by atoms with Crippen molar-refractivity contribution in [1.82, 2.24) is 9.46 Å². The summed E-state index contributed by atoms with van der Waals surface area (Å²) in [7, 11) is -3.22. The summed E-state index contributed by atoms with van der Waals surface area (Å²) in [6.45, 7) is 3.05.